The van der Waals surface area contributed by atoms with Crippen LogP contribution in [0.15, 0.2) is 24.5 Å². The van der Waals surface area contributed by atoms with E-state index in [2.05, 4.69) is 39.6 Å². The summed E-state index contributed by atoms with van der Waals surface area (Å²) in [4.78, 5) is 4.04. The van der Waals surface area contributed by atoms with Crippen molar-refractivity contribution in [3.63, 3.8) is 0 Å². The maximum Gasteiger partial charge on any atom is 0.138 e. The Bertz CT molecular complexity index is 298. The molecule has 0 spiro atoms. The first-order valence-corrected chi connectivity index (χ1v) is 5.38. The monoisotopic (exact) mass is 207 g/mol. The zero-order chi connectivity index (χ0) is 11.5. The molecule has 1 aromatic rings. The van der Waals surface area contributed by atoms with Crippen LogP contribution in [0.2, 0.25) is 0 Å². The SMILES string of the molecule is CC(C)(C)CC(C)(C)Oc1cccnc1. The van der Waals surface area contributed by atoms with Crippen molar-refractivity contribution in [1.82, 2.24) is 4.98 Å². The zero-order valence-corrected chi connectivity index (χ0v) is 10.4. The van der Waals surface area contributed by atoms with Gasteiger partial charge in [-0.15, -0.1) is 0 Å². The molecule has 0 aliphatic carbocycles. The number of aromatic nitrogens is 1. The third kappa shape index (κ3) is 4.82. The zero-order valence-electron chi connectivity index (χ0n) is 10.4. The quantitative estimate of drug-likeness (QED) is 0.754. The van der Waals surface area contributed by atoms with E-state index < -0.39 is 0 Å². The molecule has 2 nitrogen and oxygen atoms in total. The van der Waals surface area contributed by atoms with Gasteiger partial charge in [-0.3, -0.25) is 4.98 Å². The molecule has 0 fully saturated rings. The second kappa shape index (κ2) is 4.21. The number of pyridine rings is 1. The second-order valence-corrected chi connectivity index (χ2v) is 5.79. The van der Waals surface area contributed by atoms with Gasteiger partial charge in [0.25, 0.3) is 0 Å². The van der Waals surface area contributed by atoms with E-state index in [4.69, 9.17) is 4.74 Å². The Labute approximate surface area is 92.7 Å². The van der Waals surface area contributed by atoms with E-state index in [1.807, 2.05) is 12.1 Å². The summed E-state index contributed by atoms with van der Waals surface area (Å²) in [6.45, 7) is 10.9. The lowest BCUT2D eigenvalue weighted by Gasteiger charge is -2.32. The number of nitrogens with zero attached hydrogens (tertiary/aromatic N) is 1. The first kappa shape index (κ1) is 12.0. The van der Waals surface area contributed by atoms with Crippen molar-refractivity contribution in [2.75, 3.05) is 0 Å². The molecule has 0 amide bonds. The predicted molar refractivity (Wildman–Crippen MR) is 63.0 cm³/mol. The van der Waals surface area contributed by atoms with E-state index in [0.29, 0.717) is 0 Å². The van der Waals surface area contributed by atoms with Gasteiger partial charge >= 0.3 is 0 Å². The summed E-state index contributed by atoms with van der Waals surface area (Å²) in [6, 6.07) is 3.83. The predicted octanol–water partition coefficient (Wildman–Crippen LogP) is 3.68. The highest BCUT2D eigenvalue weighted by atomic mass is 16.5. The molecule has 0 bridgehead atoms. The summed E-state index contributed by atoms with van der Waals surface area (Å²) >= 11 is 0. The van der Waals surface area contributed by atoms with Crippen molar-refractivity contribution in [3.8, 4) is 5.75 Å². The summed E-state index contributed by atoms with van der Waals surface area (Å²) in [6.07, 6.45) is 4.52. The maximum absolute atomic E-state index is 5.92. The van der Waals surface area contributed by atoms with Gasteiger partial charge in [0.2, 0.25) is 0 Å². The molecular weight excluding hydrogens is 186 g/mol. The van der Waals surface area contributed by atoms with Gasteiger partial charge in [-0.1, -0.05) is 20.8 Å². The fourth-order valence-corrected chi connectivity index (χ4v) is 2.04. The lowest BCUT2D eigenvalue weighted by molar-refractivity contribution is 0.0618. The van der Waals surface area contributed by atoms with Crippen LogP contribution in [0.5, 0.6) is 5.75 Å². The Balaban J connectivity index is 2.65. The van der Waals surface area contributed by atoms with Crippen LogP contribution in [0.1, 0.15) is 41.0 Å². The van der Waals surface area contributed by atoms with Crippen LogP contribution >= 0.6 is 0 Å². The summed E-state index contributed by atoms with van der Waals surface area (Å²) in [5, 5.41) is 0. The number of rotatable bonds is 3. The minimum Gasteiger partial charge on any atom is -0.486 e. The van der Waals surface area contributed by atoms with Gasteiger partial charge in [-0.25, -0.2) is 0 Å². The summed E-state index contributed by atoms with van der Waals surface area (Å²) < 4.78 is 5.92. The third-order valence-electron chi connectivity index (χ3n) is 1.98. The molecule has 0 saturated carbocycles. The van der Waals surface area contributed by atoms with Crippen molar-refractivity contribution in [2.45, 2.75) is 46.6 Å². The molecule has 1 aromatic heterocycles. The van der Waals surface area contributed by atoms with Gasteiger partial charge in [-0.2, -0.15) is 0 Å². The number of ether oxygens (including phenoxy) is 1. The number of hydrogen-bond donors (Lipinski definition) is 0. The second-order valence-electron chi connectivity index (χ2n) is 5.79. The van der Waals surface area contributed by atoms with Gasteiger partial charge in [0.05, 0.1) is 6.20 Å². The van der Waals surface area contributed by atoms with Gasteiger partial charge in [0.1, 0.15) is 11.4 Å². The van der Waals surface area contributed by atoms with Crippen molar-refractivity contribution >= 4 is 0 Å². The topological polar surface area (TPSA) is 22.1 Å². The van der Waals surface area contributed by atoms with E-state index in [9.17, 15) is 0 Å². The maximum atomic E-state index is 5.92. The molecule has 15 heavy (non-hydrogen) atoms. The lowest BCUT2D eigenvalue weighted by Crippen LogP contribution is -2.33. The Morgan fingerprint density at radius 3 is 2.33 bits per heavy atom. The van der Waals surface area contributed by atoms with Crippen molar-refractivity contribution < 1.29 is 4.74 Å². The number of hydrogen-bond acceptors (Lipinski definition) is 2. The van der Waals surface area contributed by atoms with Crippen LogP contribution < -0.4 is 4.74 Å². The molecule has 0 aromatic carbocycles. The first-order valence-electron chi connectivity index (χ1n) is 5.38. The minimum atomic E-state index is -0.152. The van der Waals surface area contributed by atoms with Gasteiger partial charge in [-0.05, 0) is 37.8 Å². The summed E-state index contributed by atoms with van der Waals surface area (Å²) in [5.74, 6) is 0.840. The van der Waals surface area contributed by atoms with E-state index in [0.717, 1.165) is 12.2 Å². The molecule has 0 atom stereocenters. The van der Waals surface area contributed by atoms with Crippen LogP contribution in [0.25, 0.3) is 0 Å². The van der Waals surface area contributed by atoms with E-state index in [-0.39, 0.29) is 11.0 Å². The smallest absolute Gasteiger partial charge is 0.138 e. The molecule has 0 N–H and O–H groups in total. The highest BCUT2D eigenvalue weighted by Crippen LogP contribution is 2.30. The summed E-state index contributed by atoms with van der Waals surface area (Å²) in [5.41, 5.74) is 0.118. The Morgan fingerprint density at radius 2 is 1.87 bits per heavy atom. The Kier molecular flexibility index (Phi) is 3.38. The fourth-order valence-electron chi connectivity index (χ4n) is 2.04. The standard InChI is InChI=1S/C13H21NO/c1-12(2,3)10-13(4,5)15-11-7-6-8-14-9-11/h6-9H,10H2,1-5H3. The average molecular weight is 207 g/mol. The minimum absolute atomic E-state index is 0.152. The van der Waals surface area contributed by atoms with Crippen molar-refractivity contribution in [3.05, 3.63) is 24.5 Å². The molecule has 0 unspecified atom stereocenters. The molecule has 0 aliphatic heterocycles. The van der Waals surface area contributed by atoms with Crippen LogP contribution in [0, 0.1) is 5.41 Å². The molecule has 0 saturated heterocycles. The molecule has 0 radical (unpaired) electrons. The van der Waals surface area contributed by atoms with Crippen molar-refractivity contribution in [1.29, 1.82) is 0 Å². The van der Waals surface area contributed by atoms with Crippen LogP contribution in [-0.4, -0.2) is 10.6 Å². The highest BCUT2D eigenvalue weighted by molar-refractivity contribution is 5.16. The van der Waals surface area contributed by atoms with Crippen molar-refractivity contribution in [2.24, 2.45) is 5.41 Å². The molecule has 84 valence electrons. The lowest BCUT2D eigenvalue weighted by atomic mass is 9.83. The highest BCUT2D eigenvalue weighted by Gasteiger charge is 2.27. The normalized spacial score (nSPS) is 12.6. The Hall–Kier alpha value is -1.05. The molecule has 0 aliphatic rings. The van der Waals surface area contributed by atoms with Gasteiger partial charge in [0, 0.05) is 6.20 Å². The van der Waals surface area contributed by atoms with E-state index >= 15 is 0 Å². The first-order chi connectivity index (χ1) is 6.79. The van der Waals surface area contributed by atoms with E-state index in [1.165, 1.54) is 0 Å². The van der Waals surface area contributed by atoms with Crippen LogP contribution in [0.3, 0.4) is 0 Å². The summed E-state index contributed by atoms with van der Waals surface area (Å²) in [7, 11) is 0. The van der Waals surface area contributed by atoms with Crippen LogP contribution in [0.4, 0.5) is 0 Å². The van der Waals surface area contributed by atoms with Gasteiger partial charge < -0.3 is 4.74 Å². The largest absolute Gasteiger partial charge is 0.486 e. The molecule has 2 heteroatoms. The Morgan fingerprint density at radius 1 is 1.20 bits per heavy atom. The molecule has 1 heterocycles. The average Bonchev–Trinajstić information content (AvgIpc) is 1.99. The fraction of sp³-hybridized carbons (Fsp3) is 0.615. The molecule has 1 rings (SSSR count). The van der Waals surface area contributed by atoms with Crippen LogP contribution in [-0.2, 0) is 0 Å². The van der Waals surface area contributed by atoms with Gasteiger partial charge in [0.15, 0.2) is 0 Å². The van der Waals surface area contributed by atoms with E-state index in [1.54, 1.807) is 12.4 Å². The third-order valence-corrected chi connectivity index (χ3v) is 1.98. The molecular formula is C13H21NO.